The van der Waals surface area contributed by atoms with Crippen molar-refractivity contribution in [1.29, 1.82) is 0 Å². The van der Waals surface area contributed by atoms with Crippen LogP contribution in [0.15, 0.2) is 24.3 Å². The molecule has 1 heterocycles. The number of carbonyl (C=O) groups excluding carboxylic acids is 2. The number of amides is 3. The molecule has 1 aromatic rings. The molecule has 1 aliphatic rings. The molecule has 0 saturated carbocycles. The summed E-state index contributed by atoms with van der Waals surface area (Å²) in [5, 5.41) is 4.78. The van der Waals surface area contributed by atoms with Crippen molar-refractivity contribution in [3.63, 3.8) is 0 Å². The number of carbonyl (C=O) groups is 2. The maximum absolute atomic E-state index is 11.7. The molecule has 0 radical (unpaired) electrons. The van der Waals surface area contributed by atoms with Gasteiger partial charge in [0, 0.05) is 6.54 Å². The predicted octanol–water partition coefficient (Wildman–Crippen LogP) is -0.0116. The Morgan fingerprint density at radius 3 is 2.31 bits per heavy atom. The lowest BCUT2D eigenvalue weighted by molar-refractivity contribution is -0.123. The van der Waals surface area contributed by atoms with Gasteiger partial charge < -0.3 is 11.1 Å². The third-order valence-corrected chi connectivity index (χ3v) is 2.79. The summed E-state index contributed by atoms with van der Waals surface area (Å²) < 4.78 is 0. The van der Waals surface area contributed by atoms with E-state index < -0.39 is 17.5 Å². The minimum absolute atomic E-state index is 0.0354. The highest BCUT2D eigenvalue weighted by Crippen LogP contribution is 2.23. The predicted molar refractivity (Wildman–Crippen MR) is 58.6 cm³/mol. The van der Waals surface area contributed by atoms with Crippen molar-refractivity contribution in [2.24, 2.45) is 5.73 Å². The van der Waals surface area contributed by atoms with Crippen LogP contribution in [0.3, 0.4) is 0 Å². The molecule has 1 aliphatic heterocycles. The Morgan fingerprint density at radius 1 is 1.25 bits per heavy atom. The van der Waals surface area contributed by atoms with Gasteiger partial charge in [0.1, 0.15) is 0 Å². The van der Waals surface area contributed by atoms with Gasteiger partial charge in [-0.25, -0.2) is 4.79 Å². The number of hydrogen-bond acceptors (Lipinski definition) is 3. The second-order valence-corrected chi connectivity index (χ2v) is 3.88. The highest BCUT2D eigenvalue weighted by molar-refractivity contribution is 6.07. The summed E-state index contributed by atoms with van der Waals surface area (Å²) in [7, 11) is 0. The number of nitrogens with two attached hydrogens (primary N) is 1. The number of aryl methyl sites for hydroxylation is 1. The highest BCUT2D eigenvalue weighted by atomic mass is 16.2. The fourth-order valence-electron chi connectivity index (χ4n) is 1.79. The summed E-state index contributed by atoms with van der Waals surface area (Å²) in [6, 6.07) is 6.85. The van der Waals surface area contributed by atoms with E-state index in [-0.39, 0.29) is 6.54 Å². The van der Waals surface area contributed by atoms with Crippen molar-refractivity contribution in [2.75, 3.05) is 6.54 Å². The lowest BCUT2D eigenvalue weighted by atomic mass is 9.89. The molecule has 1 aromatic carbocycles. The van der Waals surface area contributed by atoms with E-state index >= 15 is 0 Å². The summed E-state index contributed by atoms with van der Waals surface area (Å²) >= 11 is 0. The third-order valence-electron chi connectivity index (χ3n) is 2.79. The quantitative estimate of drug-likeness (QED) is 0.611. The molecule has 0 aromatic heterocycles. The van der Waals surface area contributed by atoms with E-state index in [0.29, 0.717) is 5.56 Å². The molecule has 5 heteroatoms. The second kappa shape index (κ2) is 3.61. The van der Waals surface area contributed by atoms with Crippen LogP contribution in [0.25, 0.3) is 0 Å². The second-order valence-electron chi connectivity index (χ2n) is 3.88. The van der Waals surface area contributed by atoms with Crippen molar-refractivity contribution >= 4 is 11.9 Å². The van der Waals surface area contributed by atoms with E-state index in [1.54, 1.807) is 12.1 Å². The van der Waals surface area contributed by atoms with Gasteiger partial charge in [-0.2, -0.15) is 0 Å². The highest BCUT2D eigenvalue weighted by Gasteiger charge is 2.46. The molecule has 1 atom stereocenters. The van der Waals surface area contributed by atoms with Crippen molar-refractivity contribution in [3.8, 4) is 0 Å². The average Bonchev–Trinajstić information content (AvgIpc) is 2.55. The summed E-state index contributed by atoms with van der Waals surface area (Å²) in [6.07, 6.45) is 0. The first-order valence-electron chi connectivity index (χ1n) is 4.99. The zero-order valence-electron chi connectivity index (χ0n) is 8.91. The van der Waals surface area contributed by atoms with Crippen LogP contribution in [0.2, 0.25) is 0 Å². The number of nitrogens with one attached hydrogen (secondary N) is 2. The number of imide groups is 1. The number of benzene rings is 1. The Bertz CT molecular complexity index is 441. The number of urea groups is 1. The Morgan fingerprint density at radius 2 is 1.88 bits per heavy atom. The molecule has 1 fully saturated rings. The van der Waals surface area contributed by atoms with Crippen LogP contribution >= 0.6 is 0 Å². The minimum Gasteiger partial charge on any atom is -0.327 e. The van der Waals surface area contributed by atoms with Crippen molar-refractivity contribution in [1.82, 2.24) is 10.6 Å². The van der Waals surface area contributed by atoms with Gasteiger partial charge in [0.05, 0.1) is 0 Å². The summed E-state index contributed by atoms with van der Waals surface area (Å²) in [4.78, 5) is 22.9. The van der Waals surface area contributed by atoms with Crippen molar-refractivity contribution < 1.29 is 9.59 Å². The Balaban J connectivity index is 2.46. The average molecular weight is 219 g/mol. The van der Waals surface area contributed by atoms with Gasteiger partial charge in [0.15, 0.2) is 5.54 Å². The number of hydrogen-bond donors (Lipinski definition) is 3. The fourth-order valence-corrected chi connectivity index (χ4v) is 1.79. The van der Waals surface area contributed by atoms with Crippen LogP contribution in [0.5, 0.6) is 0 Å². The maximum Gasteiger partial charge on any atom is 0.322 e. The maximum atomic E-state index is 11.7. The van der Waals surface area contributed by atoms with Gasteiger partial charge in [-0.3, -0.25) is 10.1 Å². The van der Waals surface area contributed by atoms with E-state index in [1.807, 2.05) is 19.1 Å². The molecule has 4 N–H and O–H groups in total. The van der Waals surface area contributed by atoms with Crippen LogP contribution in [-0.2, 0) is 10.3 Å². The molecular formula is C11H13N3O2. The molecule has 2 rings (SSSR count). The smallest absolute Gasteiger partial charge is 0.322 e. The van der Waals surface area contributed by atoms with Crippen molar-refractivity contribution in [2.45, 2.75) is 12.5 Å². The molecule has 16 heavy (non-hydrogen) atoms. The standard InChI is InChI=1S/C11H13N3O2/c1-7-2-4-8(5-3-7)11(6-12)9(15)13-10(16)14-11/h2-5H,6,12H2,1H3,(H2,13,14,15,16). The Kier molecular flexibility index (Phi) is 2.40. The summed E-state index contributed by atoms with van der Waals surface area (Å²) in [5.41, 5.74) is 6.28. The van der Waals surface area contributed by atoms with Gasteiger partial charge >= 0.3 is 6.03 Å². The van der Waals surface area contributed by atoms with Gasteiger partial charge in [-0.1, -0.05) is 29.8 Å². The summed E-state index contributed by atoms with van der Waals surface area (Å²) in [6.45, 7) is 1.99. The molecule has 5 nitrogen and oxygen atoms in total. The lowest BCUT2D eigenvalue weighted by Crippen LogP contribution is -2.49. The Hall–Kier alpha value is -1.88. The molecule has 1 saturated heterocycles. The monoisotopic (exact) mass is 219 g/mol. The first-order chi connectivity index (χ1) is 7.58. The fraction of sp³-hybridized carbons (Fsp3) is 0.273. The zero-order chi connectivity index (χ0) is 11.8. The SMILES string of the molecule is Cc1ccc(C2(CN)NC(=O)NC2=O)cc1. The van der Waals surface area contributed by atoms with E-state index in [4.69, 9.17) is 5.73 Å². The minimum atomic E-state index is -1.12. The van der Waals surface area contributed by atoms with Gasteiger partial charge in [-0.05, 0) is 12.5 Å². The van der Waals surface area contributed by atoms with Gasteiger partial charge in [0.2, 0.25) is 0 Å². The molecule has 84 valence electrons. The van der Waals surface area contributed by atoms with E-state index in [1.165, 1.54) is 0 Å². The molecule has 1 unspecified atom stereocenters. The van der Waals surface area contributed by atoms with Crippen LogP contribution in [0.4, 0.5) is 4.79 Å². The van der Waals surface area contributed by atoms with Gasteiger partial charge in [-0.15, -0.1) is 0 Å². The largest absolute Gasteiger partial charge is 0.327 e. The normalized spacial score (nSPS) is 24.1. The first kappa shape index (κ1) is 10.6. The number of rotatable bonds is 2. The van der Waals surface area contributed by atoms with E-state index in [2.05, 4.69) is 10.6 Å². The van der Waals surface area contributed by atoms with Crippen LogP contribution < -0.4 is 16.4 Å². The molecular weight excluding hydrogens is 206 g/mol. The zero-order valence-corrected chi connectivity index (χ0v) is 8.91. The van der Waals surface area contributed by atoms with E-state index in [0.717, 1.165) is 5.56 Å². The van der Waals surface area contributed by atoms with Crippen LogP contribution in [-0.4, -0.2) is 18.5 Å². The summed E-state index contributed by atoms with van der Waals surface area (Å²) in [5.74, 6) is -0.399. The van der Waals surface area contributed by atoms with Crippen LogP contribution in [0.1, 0.15) is 11.1 Å². The molecule has 0 aliphatic carbocycles. The topological polar surface area (TPSA) is 84.2 Å². The van der Waals surface area contributed by atoms with Crippen molar-refractivity contribution in [3.05, 3.63) is 35.4 Å². The first-order valence-corrected chi connectivity index (χ1v) is 4.99. The Labute approximate surface area is 93.0 Å². The van der Waals surface area contributed by atoms with Gasteiger partial charge in [0.25, 0.3) is 5.91 Å². The molecule has 3 amide bonds. The molecule has 0 spiro atoms. The lowest BCUT2D eigenvalue weighted by Gasteiger charge is -2.24. The van der Waals surface area contributed by atoms with E-state index in [9.17, 15) is 9.59 Å². The molecule has 0 bridgehead atoms. The third kappa shape index (κ3) is 1.45. The van der Waals surface area contributed by atoms with Crippen LogP contribution in [0, 0.1) is 6.92 Å².